The van der Waals surface area contributed by atoms with Gasteiger partial charge < -0.3 is 18.9 Å². The number of hydrogen-bond acceptors (Lipinski definition) is 8. The summed E-state index contributed by atoms with van der Waals surface area (Å²) in [6.07, 6.45) is 0. The number of piperazine rings is 1. The summed E-state index contributed by atoms with van der Waals surface area (Å²) in [5.41, 5.74) is 4.95. The fourth-order valence-electron chi connectivity index (χ4n) is 5.35. The van der Waals surface area contributed by atoms with Crippen molar-refractivity contribution in [2.24, 2.45) is 0 Å². The van der Waals surface area contributed by atoms with Gasteiger partial charge in [0.2, 0.25) is 17.9 Å². The third-order valence-electron chi connectivity index (χ3n) is 7.50. The molecule has 0 aliphatic carbocycles. The van der Waals surface area contributed by atoms with E-state index in [2.05, 4.69) is 65.9 Å². The van der Waals surface area contributed by atoms with Crippen LogP contribution in [0.2, 0.25) is 0 Å². The molecule has 0 unspecified atom stereocenters. The van der Waals surface area contributed by atoms with Gasteiger partial charge in [-0.1, -0.05) is 64.1 Å². The predicted octanol–water partition coefficient (Wildman–Crippen LogP) is 4.96. The lowest BCUT2D eigenvalue weighted by Crippen LogP contribution is -2.48. The van der Waals surface area contributed by atoms with E-state index in [-0.39, 0.29) is 18.5 Å². The molecule has 7 rings (SSSR count). The number of para-hydroxylation sites is 1. The first-order valence-electron chi connectivity index (χ1n) is 13.5. The van der Waals surface area contributed by atoms with E-state index in [4.69, 9.17) is 14.5 Å². The summed E-state index contributed by atoms with van der Waals surface area (Å²) in [5, 5.41) is 10.4. The molecule has 2 aliphatic heterocycles. The quantitative estimate of drug-likeness (QED) is 0.233. The Labute approximate surface area is 249 Å². The number of aromatic nitrogens is 4. The summed E-state index contributed by atoms with van der Waals surface area (Å²) in [4.78, 5) is 22.2. The minimum atomic E-state index is 0.0943. The number of hydrogen-bond donors (Lipinski definition) is 0. The van der Waals surface area contributed by atoms with E-state index in [0.717, 1.165) is 63.2 Å². The lowest BCUT2D eigenvalue weighted by Gasteiger charge is -2.34. The van der Waals surface area contributed by atoms with Gasteiger partial charge in [0.15, 0.2) is 17.1 Å². The van der Waals surface area contributed by atoms with Crippen molar-refractivity contribution in [3.05, 3.63) is 82.3 Å². The molecule has 41 heavy (non-hydrogen) atoms. The van der Waals surface area contributed by atoms with E-state index in [1.807, 2.05) is 41.3 Å². The van der Waals surface area contributed by atoms with E-state index in [1.54, 1.807) is 0 Å². The highest BCUT2D eigenvalue weighted by Gasteiger charge is 2.23. The SMILES string of the molecule is O=C(CSc1nnc2c3ccccc3n(Cc3ccc(Br)cc3)c2n1)N1CCN(Cc2ccc3c(c2)OCO3)CC1. The number of carbonyl (C=O) groups is 1. The maximum atomic E-state index is 13.1. The van der Waals surface area contributed by atoms with E-state index in [0.29, 0.717) is 24.8 Å². The second-order valence-electron chi connectivity index (χ2n) is 10.1. The van der Waals surface area contributed by atoms with E-state index >= 15 is 0 Å². The van der Waals surface area contributed by atoms with Gasteiger partial charge in [0.05, 0.1) is 11.3 Å². The molecule has 5 aromatic rings. The maximum absolute atomic E-state index is 13.1. The van der Waals surface area contributed by atoms with Gasteiger partial charge in [-0.05, 0) is 41.5 Å². The largest absolute Gasteiger partial charge is 0.454 e. The topological polar surface area (TPSA) is 85.6 Å². The van der Waals surface area contributed by atoms with Gasteiger partial charge in [0.1, 0.15) is 5.52 Å². The minimum absolute atomic E-state index is 0.0943. The van der Waals surface area contributed by atoms with Crippen molar-refractivity contribution in [2.45, 2.75) is 18.2 Å². The maximum Gasteiger partial charge on any atom is 0.233 e. The van der Waals surface area contributed by atoms with Crippen LogP contribution < -0.4 is 9.47 Å². The molecule has 3 aromatic carbocycles. The molecule has 2 aliphatic rings. The van der Waals surface area contributed by atoms with Crippen LogP contribution in [0.3, 0.4) is 0 Å². The zero-order valence-electron chi connectivity index (χ0n) is 22.2. The first kappa shape index (κ1) is 26.2. The van der Waals surface area contributed by atoms with E-state index < -0.39 is 0 Å². The molecule has 0 saturated carbocycles. The van der Waals surface area contributed by atoms with Crippen LogP contribution in [0.25, 0.3) is 22.1 Å². The Balaban J connectivity index is 1.00. The molecular formula is C30H27BrN6O3S. The van der Waals surface area contributed by atoms with Gasteiger partial charge >= 0.3 is 0 Å². The van der Waals surface area contributed by atoms with Crippen molar-refractivity contribution < 1.29 is 14.3 Å². The normalized spacial score (nSPS) is 15.2. The number of carbonyl (C=O) groups excluding carboxylic acids is 1. The molecule has 2 aromatic heterocycles. The number of nitrogens with zero attached hydrogens (tertiary/aromatic N) is 6. The monoisotopic (exact) mass is 630 g/mol. The average molecular weight is 632 g/mol. The van der Waals surface area contributed by atoms with Gasteiger partial charge in [-0.25, -0.2) is 4.98 Å². The molecule has 0 spiro atoms. The molecule has 0 N–H and O–H groups in total. The van der Waals surface area contributed by atoms with Crippen LogP contribution in [-0.2, 0) is 17.9 Å². The van der Waals surface area contributed by atoms with Crippen LogP contribution in [0.4, 0.5) is 0 Å². The van der Waals surface area contributed by atoms with Crippen LogP contribution >= 0.6 is 27.7 Å². The fraction of sp³-hybridized carbons (Fsp3) is 0.267. The molecular weight excluding hydrogens is 604 g/mol. The fourth-order valence-corrected chi connectivity index (χ4v) is 6.30. The lowest BCUT2D eigenvalue weighted by molar-refractivity contribution is -0.130. The molecule has 0 bridgehead atoms. The minimum Gasteiger partial charge on any atom is -0.454 e. The average Bonchev–Trinajstić information content (AvgIpc) is 3.60. The summed E-state index contributed by atoms with van der Waals surface area (Å²) in [5.74, 6) is 1.97. The smallest absolute Gasteiger partial charge is 0.233 e. The Kier molecular flexibility index (Phi) is 7.24. The number of ether oxygens (including phenoxy) is 2. The summed E-state index contributed by atoms with van der Waals surface area (Å²) in [7, 11) is 0. The predicted molar refractivity (Wildman–Crippen MR) is 161 cm³/mol. The molecule has 0 radical (unpaired) electrons. The van der Waals surface area contributed by atoms with Crippen LogP contribution in [0, 0.1) is 0 Å². The highest BCUT2D eigenvalue weighted by Crippen LogP contribution is 2.33. The molecule has 208 valence electrons. The first-order chi connectivity index (χ1) is 20.1. The Morgan fingerprint density at radius 3 is 2.51 bits per heavy atom. The number of thioether (sulfide) groups is 1. The zero-order chi connectivity index (χ0) is 27.8. The van der Waals surface area contributed by atoms with Crippen molar-refractivity contribution >= 4 is 55.7 Å². The molecule has 1 fully saturated rings. The number of fused-ring (bicyclic) bond motifs is 4. The van der Waals surface area contributed by atoms with Gasteiger partial charge in [-0.2, -0.15) is 0 Å². The van der Waals surface area contributed by atoms with Gasteiger partial charge in [-0.15, -0.1) is 10.2 Å². The molecule has 9 nitrogen and oxygen atoms in total. The Morgan fingerprint density at radius 2 is 1.66 bits per heavy atom. The molecule has 1 saturated heterocycles. The van der Waals surface area contributed by atoms with Crippen molar-refractivity contribution in [2.75, 3.05) is 38.7 Å². The van der Waals surface area contributed by atoms with Crippen molar-refractivity contribution in [3.63, 3.8) is 0 Å². The number of halogens is 1. The Hall–Kier alpha value is -3.67. The highest BCUT2D eigenvalue weighted by molar-refractivity contribution is 9.10. The third kappa shape index (κ3) is 5.49. The van der Waals surface area contributed by atoms with Crippen LogP contribution in [0.15, 0.2) is 76.4 Å². The van der Waals surface area contributed by atoms with E-state index in [9.17, 15) is 4.79 Å². The third-order valence-corrected chi connectivity index (χ3v) is 8.85. The highest BCUT2D eigenvalue weighted by atomic mass is 79.9. The van der Waals surface area contributed by atoms with Crippen LogP contribution in [0.1, 0.15) is 11.1 Å². The van der Waals surface area contributed by atoms with Gasteiger partial charge in [0.25, 0.3) is 0 Å². The number of rotatable bonds is 7. The summed E-state index contributed by atoms with van der Waals surface area (Å²) in [6.45, 7) is 4.81. The molecule has 11 heteroatoms. The zero-order valence-corrected chi connectivity index (χ0v) is 24.6. The number of benzene rings is 3. The van der Waals surface area contributed by atoms with Crippen molar-refractivity contribution in [1.29, 1.82) is 0 Å². The number of amides is 1. The first-order valence-corrected chi connectivity index (χ1v) is 15.3. The second-order valence-corrected chi connectivity index (χ2v) is 12.0. The summed E-state index contributed by atoms with van der Waals surface area (Å²) < 4.78 is 14.1. The Morgan fingerprint density at radius 1 is 0.878 bits per heavy atom. The van der Waals surface area contributed by atoms with Gasteiger partial charge in [0, 0.05) is 49.1 Å². The van der Waals surface area contributed by atoms with Crippen molar-refractivity contribution in [3.8, 4) is 11.5 Å². The van der Waals surface area contributed by atoms with Crippen molar-refractivity contribution in [1.82, 2.24) is 29.5 Å². The molecule has 0 atom stereocenters. The molecule has 1 amide bonds. The standard InChI is InChI=1S/C30H27BrN6O3S/c31-22-8-5-20(6-9-22)17-37-24-4-2-1-3-23(24)28-29(37)32-30(34-33-28)41-18-27(38)36-13-11-35(12-14-36)16-21-7-10-25-26(15-21)40-19-39-25/h1-10,15H,11-14,16-19H2. The van der Waals surface area contributed by atoms with Crippen LogP contribution in [0.5, 0.6) is 11.5 Å². The molecule has 4 heterocycles. The summed E-state index contributed by atoms with van der Waals surface area (Å²) >= 11 is 4.86. The van der Waals surface area contributed by atoms with Crippen LogP contribution in [-0.4, -0.2) is 74.2 Å². The van der Waals surface area contributed by atoms with E-state index in [1.165, 1.54) is 17.3 Å². The summed E-state index contributed by atoms with van der Waals surface area (Å²) in [6, 6.07) is 22.5. The Bertz CT molecular complexity index is 1740. The van der Waals surface area contributed by atoms with Gasteiger partial charge in [-0.3, -0.25) is 9.69 Å². The second kappa shape index (κ2) is 11.3. The lowest BCUT2D eigenvalue weighted by atomic mass is 10.1.